The van der Waals surface area contributed by atoms with Gasteiger partial charge in [0.25, 0.3) is 0 Å². The highest BCUT2D eigenvalue weighted by Crippen LogP contribution is 2.25. The van der Waals surface area contributed by atoms with Gasteiger partial charge in [0.05, 0.1) is 19.5 Å². The molecule has 1 N–H and O–H groups in total. The molecule has 0 aromatic heterocycles. The first-order valence-corrected chi connectivity index (χ1v) is 7.05. The molecular weight excluding hydrogens is 326 g/mol. The Labute approximate surface area is 125 Å². The fourth-order valence-electron chi connectivity index (χ4n) is 2.15. The topological polar surface area (TPSA) is 66.8 Å². The highest BCUT2D eigenvalue weighted by Gasteiger charge is 2.42. The molecule has 1 aromatic carbocycles. The summed E-state index contributed by atoms with van der Waals surface area (Å²) in [7, 11) is 0. The number of hydrogen-bond acceptors (Lipinski definition) is 3. The maximum Gasteiger partial charge on any atom is 0.329 e. The Morgan fingerprint density at radius 3 is 2.50 bits per heavy atom. The number of rotatable bonds is 5. The third-order valence-corrected chi connectivity index (χ3v) is 3.74. The van der Waals surface area contributed by atoms with Gasteiger partial charge in [0, 0.05) is 4.47 Å². The molecule has 1 saturated heterocycles. The molecule has 1 heterocycles. The van der Waals surface area contributed by atoms with Crippen molar-refractivity contribution in [3.8, 4) is 0 Å². The zero-order chi connectivity index (χ0) is 14.8. The van der Waals surface area contributed by atoms with Crippen molar-refractivity contribution < 1.29 is 19.4 Å². The fourth-order valence-corrected chi connectivity index (χ4v) is 2.42. The molecule has 20 heavy (non-hydrogen) atoms. The minimum Gasteiger partial charge on any atom is -0.480 e. The van der Waals surface area contributed by atoms with Crippen LogP contribution < -0.4 is 0 Å². The summed E-state index contributed by atoms with van der Waals surface area (Å²) in [5, 5.41) is 8.58. The first-order valence-electron chi connectivity index (χ1n) is 6.26. The largest absolute Gasteiger partial charge is 0.480 e. The smallest absolute Gasteiger partial charge is 0.329 e. The van der Waals surface area contributed by atoms with Crippen LogP contribution in [0.4, 0.5) is 0 Å². The van der Waals surface area contributed by atoms with Crippen LogP contribution >= 0.6 is 15.9 Å². The number of halogens is 1. The lowest BCUT2D eigenvalue weighted by molar-refractivity contribution is -0.172. The van der Waals surface area contributed by atoms with Crippen LogP contribution in [0.1, 0.15) is 12.5 Å². The third-order valence-electron chi connectivity index (χ3n) is 3.22. The van der Waals surface area contributed by atoms with Crippen LogP contribution in [0.5, 0.6) is 0 Å². The molecule has 1 aliphatic heterocycles. The Hall–Kier alpha value is -1.40. The molecule has 0 saturated carbocycles. The van der Waals surface area contributed by atoms with Gasteiger partial charge in [0.15, 0.2) is 0 Å². The molecule has 0 radical (unpaired) electrons. The van der Waals surface area contributed by atoms with E-state index in [0.29, 0.717) is 19.5 Å². The second kappa shape index (κ2) is 5.93. The summed E-state index contributed by atoms with van der Waals surface area (Å²) in [5.74, 6) is -0.963. The molecule has 1 aromatic rings. The number of carboxylic acids is 1. The summed E-state index contributed by atoms with van der Waals surface area (Å²) in [6.07, 6.45) is 0.349. The number of hydrogen-bond donors (Lipinski definition) is 1. The van der Waals surface area contributed by atoms with Gasteiger partial charge in [-0.15, -0.1) is 0 Å². The van der Waals surface area contributed by atoms with Crippen molar-refractivity contribution in [2.45, 2.75) is 18.9 Å². The maximum atomic E-state index is 12.0. The second-order valence-corrected chi connectivity index (χ2v) is 6.10. The van der Waals surface area contributed by atoms with Crippen molar-refractivity contribution in [1.29, 1.82) is 0 Å². The number of nitrogens with zero attached hydrogens (tertiary/aromatic N) is 1. The lowest BCUT2D eigenvalue weighted by Gasteiger charge is -2.47. The van der Waals surface area contributed by atoms with E-state index in [1.54, 1.807) is 4.90 Å². The molecule has 2 rings (SSSR count). The molecule has 0 bridgehead atoms. The van der Waals surface area contributed by atoms with Gasteiger partial charge in [0.2, 0.25) is 5.91 Å². The summed E-state index contributed by atoms with van der Waals surface area (Å²) in [5.41, 5.74) is 0.423. The van der Waals surface area contributed by atoms with Crippen LogP contribution in [-0.2, 0) is 20.7 Å². The van der Waals surface area contributed by atoms with Crippen LogP contribution in [0.3, 0.4) is 0 Å². The first-order chi connectivity index (χ1) is 9.38. The number of carboxylic acid groups (broad SMARTS) is 1. The first kappa shape index (κ1) is 15.0. The Kier molecular flexibility index (Phi) is 4.45. The van der Waals surface area contributed by atoms with E-state index in [1.807, 2.05) is 31.2 Å². The number of aliphatic carboxylic acids is 1. The van der Waals surface area contributed by atoms with E-state index in [-0.39, 0.29) is 12.5 Å². The number of carbonyl (C=O) groups excluding carboxylic acids is 1. The Morgan fingerprint density at radius 2 is 1.95 bits per heavy atom. The molecule has 108 valence electrons. The monoisotopic (exact) mass is 341 g/mol. The van der Waals surface area contributed by atoms with E-state index in [4.69, 9.17) is 9.84 Å². The number of likely N-dealkylation sites (tertiary alicyclic amines) is 1. The Balaban J connectivity index is 1.81. The normalized spacial score (nSPS) is 16.6. The number of benzene rings is 1. The SMILES string of the molecule is CC1(OCC(=O)O)CN(C(=O)Cc2ccc(Br)cc2)C1. The summed E-state index contributed by atoms with van der Waals surface area (Å²) < 4.78 is 6.25. The summed E-state index contributed by atoms with van der Waals surface area (Å²) in [4.78, 5) is 24.2. The minimum atomic E-state index is -0.995. The standard InChI is InChI=1S/C14H16BrNO4/c1-14(20-7-13(18)19)8-16(9-14)12(17)6-10-2-4-11(15)5-3-10/h2-5H,6-9H2,1H3,(H,18,19). The summed E-state index contributed by atoms with van der Waals surface area (Å²) >= 11 is 3.35. The van der Waals surface area contributed by atoms with E-state index in [9.17, 15) is 9.59 Å². The molecule has 0 spiro atoms. The minimum absolute atomic E-state index is 0.0312. The van der Waals surface area contributed by atoms with Gasteiger partial charge in [-0.3, -0.25) is 4.79 Å². The zero-order valence-corrected chi connectivity index (χ0v) is 12.7. The van der Waals surface area contributed by atoms with Gasteiger partial charge in [-0.05, 0) is 24.6 Å². The van der Waals surface area contributed by atoms with Crippen LogP contribution in [0.25, 0.3) is 0 Å². The van der Waals surface area contributed by atoms with Gasteiger partial charge in [-0.1, -0.05) is 28.1 Å². The zero-order valence-electron chi connectivity index (χ0n) is 11.1. The highest BCUT2D eigenvalue weighted by molar-refractivity contribution is 9.10. The predicted octanol–water partition coefficient (Wildman–Crippen LogP) is 1.69. The van der Waals surface area contributed by atoms with E-state index in [2.05, 4.69) is 15.9 Å². The van der Waals surface area contributed by atoms with Gasteiger partial charge in [0.1, 0.15) is 12.2 Å². The Bertz CT molecular complexity index is 508. The van der Waals surface area contributed by atoms with Crippen molar-refractivity contribution in [2.24, 2.45) is 0 Å². The van der Waals surface area contributed by atoms with Gasteiger partial charge < -0.3 is 14.7 Å². The van der Waals surface area contributed by atoms with Crippen LogP contribution in [-0.4, -0.2) is 47.2 Å². The lowest BCUT2D eigenvalue weighted by atomic mass is 9.95. The van der Waals surface area contributed by atoms with Crippen LogP contribution in [0, 0.1) is 0 Å². The average Bonchev–Trinajstić information content (AvgIpc) is 2.35. The Morgan fingerprint density at radius 1 is 1.35 bits per heavy atom. The quantitative estimate of drug-likeness (QED) is 0.884. The van der Waals surface area contributed by atoms with Crippen molar-refractivity contribution >= 4 is 27.8 Å². The van der Waals surface area contributed by atoms with E-state index < -0.39 is 11.6 Å². The molecular formula is C14H16BrNO4. The van der Waals surface area contributed by atoms with Crippen molar-refractivity contribution in [3.05, 3.63) is 34.3 Å². The molecule has 1 amide bonds. The van der Waals surface area contributed by atoms with E-state index in [1.165, 1.54) is 0 Å². The summed E-state index contributed by atoms with van der Waals surface area (Å²) in [6, 6.07) is 7.61. The third kappa shape index (κ3) is 3.80. The van der Waals surface area contributed by atoms with Crippen LogP contribution in [0.15, 0.2) is 28.7 Å². The van der Waals surface area contributed by atoms with E-state index >= 15 is 0 Å². The maximum absolute atomic E-state index is 12.0. The number of ether oxygens (including phenoxy) is 1. The van der Waals surface area contributed by atoms with E-state index in [0.717, 1.165) is 10.0 Å². The fraction of sp³-hybridized carbons (Fsp3) is 0.429. The van der Waals surface area contributed by atoms with Gasteiger partial charge in [-0.25, -0.2) is 4.79 Å². The number of carbonyl (C=O) groups is 2. The van der Waals surface area contributed by atoms with Crippen molar-refractivity contribution in [2.75, 3.05) is 19.7 Å². The van der Waals surface area contributed by atoms with Crippen molar-refractivity contribution in [3.63, 3.8) is 0 Å². The molecule has 1 fully saturated rings. The molecule has 0 aliphatic carbocycles. The summed E-state index contributed by atoms with van der Waals surface area (Å²) in [6.45, 7) is 2.37. The van der Waals surface area contributed by atoms with Crippen LogP contribution in [0.2, 0.25) is 0 Å². The molecule has 0 atom stereocenters. The average molecular weight is 342 g/mol. The molecule has 6 heteroatoms. The molecule has 5 nitrogen and oxygen atoms in total. The highest BCUT2D eigenvalue weighted by atomic mass is 79.9. The van der Waals surface area contributed by atoms with Crippen molar-refractivity contribution in [1.82, 2.24) is 4.90 Å². The molecule has 0 unspecified atom stereocenters. The lowest BCUT2D eigenvalue weighted by Crippen LogP contribution is -2.63. The predicted molar refractivity (Wildman–Crippen MR) is 76.4 cm³/mol. The molecule has 1 aliphatic rings. The van der Waals surface area contributed by atoms with Gasteiger partial charge in [-0.2, -0.15) is 0 Å². The second-order valence-electron chi connectivity index (χ2n) is 5.19. The number of amides is 1. The van der Waals surface area contributed by atoms with Gasteiger partial charge >= 0.3 is 5.97 Å².